The van der Waals surface area contributed by atoms with Crippen molar-refractivity contribution in [2.45, 2.75) is 38.3 Å². The lowest BCUT2D eigenvalue weighted by molar-refractivity contribution is 0.0899. The first-order valence-corrected chi connectivity index (χ1v) is 8.14. The number of aromatic nitrogens is 3. The van der Waals surface area contributed by atoms with Gasteiger partial charge in [0.05, 0.1) is 0 Å². The summed E-state index contributed by atoms with van der Waals surface area (Å²) in [5, 5.41) is 17.6. The number of rotatable bonds is 4. The molecule has 0 unspecified atom stereocenters. The predicted octanol–water partition coefficient (Wildman–Crippen LogP) is 2.70. The van der Waals surface area contributed by atoms with E-state index in [9.17, 15) is 9.90 Å². The summed E-state index contributed by atoms with van der Waals surface area (Å²) in [6, 6.07) is 6.98. The van der Waals surface area contributed by atoms with Gasteiger partial charge in [-0.1, -0.05) is 18.1 Å². The number of phenolic OH excluding ortho intramolecular Hbond substituents is 1. The van der Waals surface area contributed by atoms with E-state index in [4.69, 9.17) is 4.74 Å². The quantitative estimate of drug-likeness (QED) is 0.932. The molecule has 0 aliphatic heterocycles. The third-order valence-corrected chi connectivity index (χ3v) is 4.58. The largest absolute Gasteiger partial charge is 0.508 e. The lowest BCUT2D eigenvalue weighted by Gasteiger charge is -2.23. The van der Waals surface area contributed by atoms with Crippen LogP contribution < -0.4 is 0 Å². The molecule has 7 nitrogen and oxygen atoms in total. The second-order valence-electron chi connectivity index (χ2n) is 6.16. The first-order chi connectivity index (χ1) is 11.6. The second-order valence-corrected chi connectivity index (χ2v) is 6.16. The third-order valence-electron chi connectivity index (χ3n) is 4.58. The zero-order valence-corrected chi connectivity index (χ0v) is 14.0. The molecule has 0 bridgehead atoms. The highest BCUT2D eigenvalue weighted by molar-refractivity contribution is 5.68. The molecule has 0 saturated heterocycles. The fraction of sp³-hybridized carbons (Fsp3) is 0.471. The van der Waals surface area contributed by atoms with Gasteiger partial charge in [0.2, 0.25) is 0 Å². The Hall–Kier alpha value is -2.57. The minimum Gasteiger partial charge on any atom is -0.508 e. The van der Waals surface area contributed by atoms with Crippen LogP contribution in [-0.4, -0.2) is 44.2 Å². The lowest BCUT2D eigenvalue weighted by Crippen LogP contribution is -2.35. The van der Waals surface area contributed by atoms with E-state index in [1.807, 2.05) is 0 Å². The van der Waals surface area contributed by atoms with Gasteiger partial charge >= 0.3 is 6.09 Å². The Morgan fingerprint density at radius 3 is 2.67 bits per heavy atom. The van der Waals surface area contributed by atoms with E-state index in [-0.39, 0.29) is 24.5 Å². The zero-order chi connectivity index (χ0) is 17.1. The molecule has 0 atom stereocenters. The van der Waals surface area contributed by atoms with E-state index in [0.29, 0.717) is 11.4 Å². The number of benzene rings is 1. The smallest absolute Gasteiger partial charge is 0.410 e. The molecule has 1 saturated carbocycles. The number of nitrogens with zero attached hydrogens (tertiary/aromatic N) is 4. The van der Waals surface area contributed by atoms with Gasteiger partial charge in [0.25, 0.3) is 0 Å². The fourth-order valence-corrected chi connectivity index (χ4v) is 3.05. The highest BCUT2D eigenvalue weighted by Gasteiger charge is 2.25. The number of amides is 1. The molecule has 24 heavy (non-hydrogen) atoms. The van der Waals surface area contributed by atoms with E-state index in [1.54, 1.807) is 47.9 Å². The van der Waals surface area contributed by atoms with Crippen LogP contribution in [-0.2, 0) is 18.4 Å². The van der Waals surface area contributed by atoms with Crippen molar-refractivity contribution in [1.29, 1.82) is 0 Å². The molecular formula is C17H22N4O3. The van der Waals surface area contributed by atoms with Gasteiger partial charge in [0.15, 0.2) is 0 Å². The summed E-state index contributed by atoms with van der Waals surface area (Å²) in [5.74, 6) is 0.189. The molecule has 2 aromatic rings. The van der Waals surface area contributed by atoms with E-state index in [2.05, 4.69) is 10.3 Å². The summed E-state index contributed by atoms with van der Waals surface area (Å²) in [6.45, 7) is 0.107. The number of aryl methyl sites for hydroxylation is 1. The van der Waals surface area contributed by atoms with Gasteiger partial charge in [-0.05, 0) is 37.1 Å². The topological polar surface area (TPSA) is 80.5 Å². The molecule has 1 fully saturated rings. The summed E-state index contributed by atoms with van der Waals surface area (Å²) in [6.07, 6.45) is 4.09. The molecule has 0 radical (unpaired) electrons. The van der Waals surface area contributed by atoms with Gasteiger partial charge in [0, 0.05) is 25.7 Å². The Balaban J connectivity index is 1.70. The van der Waals surface area contributed by atoms with Gasteiger partial charge in [-0.15, -0.1) is 5.10 Å². The van der Waals surface area contributed by atoms with Gasteiger partial charge in [-0.25, -0.2) is 9.48 Å². The standard InChI is InChI=1S/C17H22N4O3/c1-20(13-5-3-4-6-13)17(23)24-11-15-16(18-19-21(15)2)12-7-9-14(22)10-8-12/h7-10,13,22H,3-6,11H2,1-2H3. The molecule has 7 heteroatoms. The third kappa shape index (κ3) is 3.34. The van der Waals surface area contributed by atoms with Gasteiger partial charge in [-0.2, -0.15) is 0 Å². The molecule has 1 aromatic carbocycles. The van der Waals surface area contributed by atoms with Crippen LogP contribution in [0.3, 0.4) is 0 Å². The monoisotopic (exact) mass is 330 g/mol. The molecule has 128 valence electrons. The van der Waals surface area contributed by atoms with Crippen molar-refractivity contribution in [3.05, 3.63) is 30.0 Å². The Morgan fingerprint density at radius 2 is 2.00 bits per heavy atom. The van der Waals surface area contributed by atoms with Gasteiger partial charge in [0.1, 0.15) is 23.7 Å². The number of hydrogen-bond acceptors (Lipinski definition) is 5. The van der Waals surface area contributed by atoms with E-state index < -0.39 is 0 Å². The van der Waals surface area contributed by atoms with Crippen molar-refractivity contribution < 1.29 is 14.6 Å². The van der Waals surface area contributed by atoms with Crippen molar-refractivity contribution in [2.24, 2.45) is 7.05 Å². The first-order valence-electron chi connectivity index (χ1n) is 8.14. The average molecular weight is 330 g/mol. The minimum atomic E-state index is -0.320. The SMILES string of the molecule is CN(C(=O)OCc1c(-c2ccc(O)cc2)nnn1C)C1CCCC1. The van der Waals surface area contributed by atoms with Crippen LogP contribution >= 0.6 is 0 Å². The highest BCUT2D eigenvalue weighted by Crippen LogP contribution is 2.25. The average Bonchev–Trinajstić information content (AvgIpc) is 3.23. The van der Waals surface area contributed by atoms with E-state index in [1.165, 1.54) is 12.8 Å². The fourth-order valence-electron chi connectivity index (χ4n) is 3.05. The van der Waals surface area contributed by atoms with Crippen LogP contribution in [0.2, 0.25) is 0 Å². The van der Waals surface area contributed by atoms with Gasteiger partial charge < -0.3 is 14.7 Å². The number of aromatic hydroxyl groups is 1. The number of hydrogen-bond donors (Lipinski definition) is 1. The first kappa shape index (κ1) is 16.3. The summed E-state index contributed by atoms with van der Waals surface area (Å²) in [4.78, 5) is 13.9. The van der Waals surface area contributed by atoms with Crippen LogP contribution in [0.1, 0.15) is 31.4 Å². The molecule has 1 aliphatic rings. The van der Waals surface area contributed by atoms with Crippen molar-refractivity contribution in [3.63, 3.8) is 0 Å². The lowest BCUT2D eigenvalue weighted by atomic mass is 10.1. The molecule has 0 spiro atoms. The molecule has 1 heterocycles. The van der Waals surface area contributed by atoms with Crippen LogP contribution in [0.5, 0.6) is 5.75 Å². The van der Waals surface area contributed by atoms with Crippen LogP contribution in [0.15, 0.2) is 24.3 Å². The molecule has 1 aromatic heterocycles. The normalized spacial score (nSPS) is 14.8. The van der Waals surface area contributed by atoms with Crippen molar-refractivity contribution in [2.75, 3.05) is 7.05 Å². The summed E-state index contributed by atoms with van der Waals surface area (Å²) in [7, 11) is 3.56. The van der Waals surface area contributed by atoms with Crippen molar-refractivity contribution in [3.8, 4) is 17.0 Å². The van der Waals surface area contributed by atoms with Crippen molar-refractivity contribution >= 4 is 6.09 Å². The minimum absolute atomic E-state index is 0.107. The maximum absolute atomic E-state index is 12.2. The molecule has 1 aliphatic carbocycles. The summed E-state index contributed by atoms with van der Waals surface area (Å²) >= 11 is 0. The highest BCUT2D eigenvalue weighted by atomic mass is 16.6. The van der Waals surface area contributed by atoms with E-state index >= 15 is 0 Å². The number of phenols is 1. The molecular weight excluding hydrogens is 308 g/mol. The maximum atomic E-state index is 12.2. The second kappa shape index (κ2) is 6.90. The van der Waals surface area contributed by atoms with Gasteiger partial charge in [-0.3, -0.25) is 0 Å². The summed E-state index contributed by atoms with van der Waals surface area (Å²) in [5.41, 5.74) is 2.18. The van der Waals surface area contributed by atoms with Crippen LogP contribution in [0, 0.1) is 0 Å². The Morgan fingerprint density at radius 1 is 1.33 bits per heavy atom. The number of carbonyl (C=O) groups is 1. The Labute approximate surface area is 140 Å². The summed E-state index contributed by atoms with van der Waals surface area (Å²) < 4.78 is 7.07. The zero-order valence-electron chi connectivity index (χ0n) is 14.0. The Kier molecular flexibility index (Phi) is 4.69. The van der Waals surface area contributed by atoms with Crippen LogP contribution in [0.25, 0.3) is 11.3 Å². The Bertz CT molecular complexity index is 705. The molecule has 1 amide bonds. The van der Waals surface area contributed by atoms with Crippen LogP contribution in [0.4, 0.5) is 4.79 Å². The number of ether oxygens (including phenoxy) is 1. The molecule has 3 rings (SSSR count). The van der Waals surface area contributed by atoms with Crippen molar-refractivity contribution in [1.82, 2.24) is 19.9 Å². The molecule has 1 N–H and O–H groups in total. The maximum Gasteiger partial charge on any atom is 0.410 e. The van der Waals surface area contributed by atoms with E-state index in [0.717, 1.165) is 18.4 Å². The predicted molar refractivity (Wildman–Crippen MR) is 88.3 cm³/mol. The number of carbonyl (C=O) groups excluding carboxylic acids is 1.